The summed E-state index contributed by atoms with van der Waals surface area (Å²) in [5, 5.41) is 47.0. The lowest BCUT2D eigenvalue weighted by molar-refractivity contribution is 0.452. The second-order valence-corrected chi connectivity index (χ2v) is 8.54. The maximum Gasteiger partial charge on any atom is 0.294 e. The molecule has 172 valence electrons. The van der Waals surface area contributed by atoms with Gasteiger partial charge in [-0.25, -0.2) is 0 Å². The predicted molar refractivity (Wildman–Crippen MR) is 124 cm³/mol. The number of rotatable bonds is 5. The first-order valence-corrected chi connectivity index (χ1v) is 11.0. The van der Waals surface area contributed by atoms with Crippen molar-refractivity contribution in [1.29, 1.82) is 0 Å². The van der Waals surface area contributed by atoms with Gasteiger partial charge in [0.25, 0.3) is 10.1 Å². The Bertz CT molecular complexity index is 1580. The highest BCUT2D eigenvalue weighted by molar-refractivity contribution is 7.85. The third-order valence-electron chi connectivity index (χ3n) is 4.69. The Labute approximate surface area is 192 Å². The van der Waals surface area contributed by atoms with Crippen molar-refractivity contribution in [2.24, 2.45) is 20.5 Å². The summed E-state index contributed by atoms with van der Waals surface area (Å²) in [5.74, 6) is -1.17. The van der Waals surface area contributed by atoms with Crippen molar-refractivity contribution in [3.8, 4) is 17.2 Å². The van der Waals surface area contributed by atoms with E-state index in [0.29, 0.717) is 11.4 Å². The van der Waals surface area contributed by atoms with Gasteiger partial charge < -0.3 is 21.1 Å². The molecule has 0 heterocycles. The van der Waals surface area contributed by atoms with E-state index in [1.807, 2.05) is 0 Å². The molecule has 6 N–H and O–H groups in total. The highest BCUT2D eigenvalue weighted by Crippen LogP contribution is 2.41. The number of hydrogen-bond acceptors (Lipinski definition) is 10. The van der Waals surface area contributed by atoms with E-state index in [1.165, 1.54) is 24.3 Å². The van der Waals surface area contributed by atoms with Crippen LogP contribution in [0.25, 0.3) is 10.8 Å². The number of fused-ring (bicyclic) bond motifs is 1. The highest BCUT2D eigenvalue weighted by atomic mass is 32.2. The van der Waals surface area contributed by atoms with Crippen molar-refractivity contribution in [2.75, 3.05) is 5.73 Å². The van der Waals surface area contributed by atoms with Crippen LogP contribution in [0.3, 0.4) is 0 Å². The minimum Gasteiger partial charge on any atom is -0.507 e. The summed E-state index contributed by atoms with van der Waals surface area (Å²) in [5.41, 5.74) is 6.76. The van der Waals surface area contributed by atoms with Gasteiger partial charge in [-0.1, -0.05) is 18.2 Å². The number of phenolic OH excluding ortho intramolecular Hbond substituents is 3. The van der Waals surface area contributed by atoms with Gasteiger partial charge in [0.15, 0.2) is 0 Å². The standard InChI is InChI=1S/C22H17N5O6S/c23-13-4-2-5-14(8-13)24-26-17-10-18(20(29)11-19(17)28)27-25-16-6-1-3-12-7-15(34(31,32)33)9-21(30)22(12)16/h1-11,28-30H,23H2,(H,31,32,33). The molecule has 0 aliphatic carbocycles. The first-order valence-electron chi connectivity index (χ1n) is 9.60. The zero-order valence-electron chi connectivity index (χ0n) is 17.2. The van der Waals surface area contributed by atoms with Crippen LogP contribution in [0.5, 0.6) is 17.2 Å². The van der Waals surface area contributed by atoms with Crippen LogP contribution in [-0.2, 0) is 10.1 Å². The van der Waals surface area contributed by atoms with Gasteiger partial charge in [-0.2, -0.15) is 13.5 Å². The summed E-state index contributed by atoms with van der Waals surface area (Å²) in [6.45, 7) is 0. The van der Waals surface area contributed by atoms with Gasteiger partial charge >= 0.3 is 0 Å². The normalized spacial score (nSPS) is 12.1. The Balaban J connectivity index is 1.72. The molecule has 0 bridgehead atoms. The van der Waals surface area contributed by atoms with E-state index in [-0.39, 0.29) is 39.3 Å². The van der Waals surface area contributed by atoms with Crippen LogP contribution in [0, 0.1) is 0 Å². The van der Waals surface area contributed by atoms with E-state index in [0.717, 1.165) is 12.1 Å². The number of aromatic hydroxyl groups is 3. The van der Waals surface area contributed by atoms with Crippen LogP contribution < -0.4 is 5.73 Å². The topological polar surface area (TPSA) is 191 Å². The highest BCUT2D eigenvalue weighted by Gasteiger charge is 2.15. The molecule has 4 rings (SSSR count). The smallest absolute Gasteiger partial charge is 0.294 e. The van der Waals surface area contributed by atoms with E-state index in [2.05, 4.69) is 20.5 Å². The molecule has 0 radical (unpaired) electrons. The Hall–Kier alpha value is -4.55. The summed E-state index contributed by atoms with van der Waals surface area (Å²) in [6, 6.07) is 15.6. The molecule has 12 heteroatoms. The van der Waals surface area contributed by atoms with Gasteiger partial charge in [0.1, 0.15) is 28.6 Å². The van der Waals surface area contributed by atoms with Gasteiger partial charge in [-0.3, -0.25) is 4.55 Å². The first kappa shape index (κ1) is 22.6. The summed E-state index contributed by atoms with van der Waals surface area (Å²) in [7, 11) is -4.52. The maximum atomic E-state index is 11.4. The average molecular weight is 479 g/mol. The molecule has 4 aromatic rings. The molecule has 0 unspecified atom stereocenters. The third kappa shape index (κ3) is 4.77. The minimum atomic E-state index is -4.52. The van der Waals surface area contributed by atoms with Crippen LogP contribution >= 0.6 is 0 Å². The van der Waals surface area contributed by atoms with Crippen LogP contribution in [0.1, 0.15) is 0 Å². The fourth-order valence-electron chi connectivity index (χ4n) is 3.11. The lowest BCUT2D eigenvalue weighted by atomic mass is 10.1. The molecule has 0 aromatic heterocycles. The molecule has 0 amide bonds. The van der Waals surface area contributed by atoms with Gasteiger partial charge in [0, 0.05) is 23.9 Å². The third-order valence-corrected chi connectivity index (χ3v) is 5.52. The second kappa shape index (κ2) is 8.77. The second-order valence-electron chi connectivity index (χ2n) is 7.12. The summed E-state index contributed by atoms with van der Waals surface area (Å²) < 4.78 is 32.1. The molecule has 0 saturated carbocycles. The van der Waals surface area contributed by atoms with Crippen LogP contribution in [0.2, 0.25) is 0 Å². The summed E-state index contributed by atoms with van der Waals surface area (Å²) >= 11 is 0. The van der Waals surface area contributed by atoms with Crippen molar-refractivity contribution in [3.05, 3.63) is 66.7 Å². The Kier molecular flexibility index (Phi) is 5.84. The van der Waals surface area contributed by atoms with E-state index >= 15 is 0 Å². The lowest BCUT2D eigenvalue weighted by Crippen LogP contribution is -1.97. The molecule has 0 atom stereocenters. The number of phenols is 3. The number of benzene rings is 4. The predicted octanol–water partition coefficient (Wildman–Crippen LogP) is 5.62. The largest absolute Gasteiger partial charge is 0.507 e. The number of hydrogen-bond donors (Lipinski definition) is 5. The molecule has 34 heavy (non-hydrogen) atoms. The minimum absolute atomic E-state index is 0.00716. The van der Waals surface area contributed by atoms with Crippen LogP contribution in [0.15, 0.2) is 92.1 Å². The van der Waals surface area contributed by atoms with Gasteiger partial charge in [-0.05, 0) is 35.7 Å². The quantitative estimate of drug-likeness (QED) is 0.139. The molecule has 0 fully saturated rings. The molecular formula is C22H17N5O6S. The Morgan fingerprint density at radius 2 is 1.32 bits per heavy atom. The molecular weight excluding hydrogens is 462 g/mol. The summed E-state index contributed by atoms with van der Waals surface area (Å²) in [6.07, 6.45) is 0. The molecule has 4 aromatic carbocycles. The fourth-order valence-corrected chi connectivity index (χ4v) is 3.65. The molecule has 11 nitrogen and oxygen atoms in total. The zero-order valence-corrected chi connectivity index (χ0v) is 18.0. The Morgan fingerprint density at radius 3 is 2.00 bits per heavy atom. The first-order chi connectivity index (χ1) is 16.1. The van der Waals surface area contributed by atoms with Crippen LogP contribution in [0.4, 0.5) is 28.4 Å². The van der Waals surface area contributed by atoms with E-state index in [4.69, 9.17) is 5.73 Å². The molecule has 0 aliphatic rings. The van der Waals surface area contributed by atoms with Crippen LogP contribution in [-0.4, -0.2) is 28.3 Å². The van der Waals surface area contributed by atoms with E-state index < -0.39 is 20.8 Å². The Morgan fingerprint density at radius 1 is 0.676 bits per heavy atom. The van der Waals surface area contributed by atoms with Gasteiger partial charge in [0.2, 0.25) is 0 Å². The number of anilines is 1. The van der Waals surface area contributed by atoms with Crippen molar-refractivity contribution in [1.82, 2.24) is 0 Å². The number of azo groups is 2. The monoisotopic (exact) mass is 479 g/mol. The molecule has 0 saturated heterocycles. The van der Waals surface area contributed by atoms with Crippen molar-refractivity contribution in [2.45, 2.75) is 4.90 Å². The fraction of sp³-hybridized carbons (Fsp3) is 0. The lowest BCUT2D eigenvalue weighted by Gasteiger charge is -2.07. The van der Waals surface area contributed by atoms with Crippen molar-refractivity contribution >= 4 is 49.3 Å². The van der Waals surface area contributed by atoms with E-state index in [1.54, 1.807) is 30.3 Å². The maximum absolute atomic E-state index is 11.4. The SMILES string of the molecule is Nc1cccc(N=Nc2cc(N=Nc3cccc4cc(S(=O)(=O)O)cc(O)c34)c(O)cc2O)c1. The number of nitrogens with zero attached hydrogens (tertiary/aromatic N) is 4. The average Bonchev–Trinajstić information content (AvgIpc) is 2.77. The number of nitrogen functional groups attached to an aromatic ring is 1. The summed E-state index contributed by atoms with van der Waals surface area (Å²) in [4.78, 5) is -0.474. The van der Waals surface area contributed by atoms with E-state index in [9.17, 15) is 28.3 Å². The number of nitrogens with two attached hydrogens (primary N) is 1. The molecule has 0 aliphatic heterocycles. The zero-order chi connectivity index (χ0) is 24.5. The van der Waals surface area contributed by atoms with Crippen molar-refractivity contribution < 1.29 is 28.3 Å². The molecule has 0 spiro atoms. The van der Waals surface area contributed by atoms with Crippen molar-refractivity contribution in [3.63, 3.8) is 0 Å². The van der Waals surface area contributed by atoms with Gasteiger partial charge in [-0.15, -0.1) is 15.3 Å². The van der Waals surface area contributed by atoms with Gasteiger partial charge in [0.05, 0.1) is 21.7 Å².